The third-order valence-corrected chi connectivity index (χ3v) is 26.8. The summed E-state index contributed by atoms with van der Waals surface area (Å²) in [6, 6.07) is 4.72. The summed E-state index contributed by atoms with van der Waals surface area (Å²) >= 11 is 16.9. The van der Waals surface area contributed by atoms with Gasteiger partial charge in [-0.2, -0.15) is 0 Å². The van der Waals surface area contributed by atoms with Gasteiger partial charge in [-0.3, -0.25) is 48.6 Å². The summed E-state index contributed by atoms with van der Waals surface area (Å²) in [4.78, 5) is 140. The molecule has 8 aliphatic rings. The third kappa shape index (κ3) is 23.2. The van der Waals surface area contributed by atoms with Crippen molar-refractivity contribution in [2.45, 2.75) is 241 Å². The van der Waals surface area contributed by atoms with Gasteiger partial charge in [-0.1, -0.05) is 177 Å². The summed E-state index contributed by atoms with van der Waals surface area (Å²) in [6.45, 7) is 4.38. The van der Waals surface area contributed by atoms with Crippen LogP contribution in [0, 0.1) is 0 Å². The maximum Gasteiger partial charge on any atom is 0.330 e. The van der Waals surface area contributed by atoms with E-state index in [1.807, 2.05) is 0 Å². The Bertz CT molecular complexity index is 5410. The molecule has 7 aromatic rings. The van der Waals surface area contributed by atoms with Crippen molar-refractivity contribution < 1.29 is 123 Å². The van der Waals surface area contributed by atoms with Crippen LogP contribution in [0.5, 0.6) is 69.0 Å². The summed E-state index contributed by atoms with van der Waals surface area (Å²) in [6.07, 6.45) is 8.23. The number of hydrogen-bond donors (Lipinski definition) is 18. The van der Waals surface area contributed by atoms with Gasteiger partial charge >= 0.3 is 5.97 Å². The predicted molar refractivity (Wildman–Crippen MR) is 483 cm³/mol. The molecule has 7 aromatic carbocycles. The Morgan fingerprint density at radius 3 is 1.66 bits per heavy atom. The molecule has 0 aliphatic carbocycles. The molecule has 1 fully saturated rings. The normalized spacial score (nSPS) is 23.3. The highest BCUT2D eigenvalue weighted by Crippen LogP contribution is 2.51. The van der Waals surface area contributed by atoms with Gasteiger partial charge in [0.1, 0.15) is 107 Å². The lowest BCUT2D eigenvalue weighted by atomic mass is 9.89. The zero-order valence-electron chi connectivity index (χ0n) is 72.2. The van der Waals surface area contributed by atoms with E-state index in [0.717, 1.165) is 162 Å². The van der Waals surface area contributed by atoms with Crippen LogP contribution in [0.3, 0.4) is 0 Å². The average Bonchev–Trinajstić information content (AvgIpc) is 1.05. The van der Waals surface area contributed by atoms with Crippen LogP contribution in [0.1, 0.15) is 224 Å². The molecular formula is C94H108Cl2N8O25S2. The van der Waals surface area contributed by atoms with Crippen molar-refractivity contribution in [2.24, 2.45) is 0 Å². The number of imide groups is 1. The van der Waals surface area contributed by atoms with Gasteiger partial charge < -0.3 is 112 Å². The molecule has 37 heteroatoms. The molecule has 1 unspecified atom stereocenters. The van der Waals surface area contributed by atoms with E-state index >= 15 is 33.6 Å². The first kappa shape index (κ1) is 97.4. The number of phenols is 6. The largest absolute Gasteiger partial charge is 0.508 e. The number of carboxylic acids is 1. The van der Waals surface area contributed by atoms with E-state index in [0.29, 0.717) is 24.3 Å². The molecule has 0 saturated carbocycles. The second-order valence-corrected chi connectivity index (χ2v) is 36.4. The fourth-order valence-electron chi connectivity index (χ4n) is 17.0. The van der Waals surface area contributed by atoms with Gasteiger partial charge in [0, 0.05) is 42.2 Å². The lowest BCUT2D eigenvalue weighted by Gasteiger charge is -2.44. The molecule has 0 aromatic heterocycles. The SMILES string of the molecule is CCCCCCCCCCCCSC1=C(SCCCCCCCCCCCC)C(=O)N([C@H]2C(=O)N[C@@H]3Cc4ccc(c(Cl)c4)Oc4cc5cc(c4O)Oc4ccc(cc4Cl)[C@@H](O[C@@H]4O[C@H](CO)[C@@H](O)[C@H](O)[C@H]4NC(C)=O)[C@H]4NC(=O)[C@H](NC(O)[C@@H]5NC(=O)[C@@H](NC3=O)c3cc(O)cc(c3)Oc3cc2ccc3O)c2ccc(O)c(c2)-c2c(O)cc(O)cc2[C@H](C(=O)O)NC4=O)C1=O. The first-order chi connectivity index (χ1) is 62.9. The van der Waals surface area contributed by atoms with Crippen LogP contribution in [0.2, 0.25) is 10.0 Å². The van der Waals surface area contributed by atoms with Crippen LogP contribution < -0.4 is 51.4 Å². The lowest BCUT2D eigenvalue weighted by Crippen LogP contribution is -2.65. The van der Waals surface area contributed by atoms with Gasteiger partial charge in [0.15, 0.2) is 35.3 Å². The number of thioether (sulfide) groups is 2. The van der Waals surface area contributed by atoms with E-state index in [9.17, 15) is 65.8 Å². The Hall–Kier alpha value is -11.1. The number of nitrogens with zero attached hydrogens (tertiary/aromatic N) is 1. The molecule has 8 amide bonds. The highest BCUT2D eigenvalue weighted by molar-refractivity contribution is 8.08. The van der Waals surface area contributed by atoms with Gasteiger partial charge in [0.2, 0.25) is 41.2 Å². The summed E-state index contributed by atoms with van der Waals surface area (Å²) in [7, 11) is 0. The first-order valence-electron chi connectivity index (χ1n) is 44.1. The summed E-state index contributed by atoms with van der Waals surface area (Å²) in [5, 5.41) is 147. The molecule has 0 spiro atoms. The number of aliphatic carboxylic acids is 1. The summed E-state index contributed by atoms with van der Waals surface area (Å²) in [5.41, 5.74) is -2.76. The van der Waals surface area contributed by atoms with Crippen molar-refractivity contribution in [1.82, 2.24) is 42.1 Å². The predicted octanol–water partition coefficient (Wildman–Crippen LogP) is 12.7. The smallest absolute Gasteiger partial charge is 0.330 e. The fraction of sp³-hybridized carbons (Fsp3) is 0.436. The Labute approximate surface area is 773 Å². The van der Waals surface area contributed by atoms with Crippen molar-refractivity contribution in [1.29, 1.82) is 0 Å². The van der Waals surface area contributed by atoms with E-state index in [1.165, 1.54) is 105 Å². The van der Waals surface area contributed by atoms with Crippen LogP contribution in [-0.4, -0.2) is 181 Å². The minimum absolute atomic E-state index is 0.0840. The van der Waals surface area contributed by atoms with Crippen LogP contribution in [0.15, 0.2) is 125 Å². The van der Waals surface area contributed by atoms with Crippen molar-refractivity contribution in [3.8, 4) is 80.1 Å². The number of fused-ring (bicyclic) bond motifs is 14. The zero-order chi connectivity index (χ0) is 93.6. The quantitative estimate of drug-likeness (QED) is 0.0147. The summed E-state index contributed by atoms with van der Waals surface area (Å²) in [5.74, 6) is -16.8. The molecule has 1 saturated heterocycles. The second-order valence-electron chi connectivity index (χ2n) is 33.4. The minimum Gasteiger partial charge on any atom is -0.508 e. The number of carboxylic acid groups (broad SMARTS) is 1. The number of aliphatic hydroxyl groups is 4. The van der Waals surface area contributed by atoms with Crippen molar-refractivity contribution in [2.75, 3.05) is 18.1 Å². The minimum atomic E-state index is -2.51. The number of carbonyl (C=O) groups excluding carboxylic acids is 8. The van der Waals surface area contributed by atoms with E-state index in [-0.39, 0.29) is 65.5 Å². The summed E-state index contributed by atoms with van der Waals surface area (Å²) < 4.78 is 31.9. The van der Waals surface area contributed by atoms with Gasteiger partial charge in [-0.15, -0.1) is 23.5 Å². The van der Waals surface area contributed by atoms with Crippen LogP contribution in [0.25, 0.3) is 11.1 Å². The maximum absolute atomic E-state index is 16.4. The van der Waals surface area contributed by atoms with Gasteiger partial charge in [0.05, 0.1) is 32.5 Å². The van der Waals surface area contributed by atoms with Crippen LogP contribution >= 0.6 is 46.7 Å². The van der Waals surface area contributed by atoms with Crippen molar-refractivity contribution in [3.05, 3.63) is 174 Å². The van der Waals surface area contributed by atoms with Gasteiger partial charge in [-0.05, 0) is 137 Å². The maximum atomic E-state index is 16.4. The molecule has 131 heavy (non-hydrogen) atoms. The topological polar surface area (TPSA) is 510 Å². The van der Waals surface area contributed by atoms with Gasteiger partial charge in [0.25, 0.3) is 11.8 Å². The molecule has 0 radical (unpaired) electrons. The molecule has 33 nitrogen and oxygen atoms in total. The number of aliphatic hydroxyl groups excluding tert-OH is 4. The Morgan fingerprint density at radius 1 is 0.511 bits per heavy atom. The van der Waals surface area contributed by atoms with E-state index < -0.39 is 225 Å². The highest BCUT2D eigenvalue weighted by Gasteiger charge is 2.51. The number of hydrogen-bond acceptors (Lipinski definition) is 27. The lowest BCUT2D eigenvalue weighted by molar-refractivity contribution is -0.284. The highest BCUT2D eigenvalue weighted by atomic mass is 35.5. The Kier molecular flexibility index (Phi) is 33.0. The van der Waals surface area contributed by atoms with Crippen LogP contribution in [-0.2, 0) is 59.0 Å². The molecule has 8 heterocycles. The zero-order valence-corrected chi connectivity index (χ0v) is 75.3. The molecule has 700 valence electrons. The second kappa shape index (κ2) is 44.4. The fourth-order valence-corrected chi connectivity index (χ4v) is 19.8. The number of aromatic hydroxyl groups is 6. The standard InChI is InChI=1S/C94H108Cl2N8O25S2/c1-4-6-8-10-12-14-16-18-20-22-32-130-83-84(131-33-23-21-19-17-15-13-11-9-7-5-2)92(122)104(91(83)121)78-50-26-29-63(110)67(40-50)125-56-37-52(36-54(107)43-56)73-87(117)101-74-53-41-68(126-65-30-24-48(34-59(65)95)35-61(85(115)99-73)98-90(78)120)79(112)69(42-53)127-66-31-27-51(39-60(66)96)82(129-94-76(97-47(3)106)81(114)80(113)70(46-105)128-94)77-89(119)102-75(93(123)124)58-44-55(108)45-64(111)71(58)57-38-49(25-28-62(57)109)72(86(116)103-77)100-88(74)118/h24-31,34,36-45,61,70,72-78,80-82,88,94,100,105,107-114,118H,4-23,32-33,35,46H2,1-3H3,(H,97,106)(H,98,120)(H,99,115)(H,101,117)(H,102,119)(H,103,116)(H,123,124)/t61-,70-,72-,73+,74-,75-,76-,77-,78-,80-,81-,82-,88?,94+/m1/s1. The molecular weight excluding hydrogens is 1780 g/mol. The number of nitrogens with one attached hydrogen (secondary N) is 7. The number of phenolic OH excluding ortho intramolecular Hbond substituents is 6. The average molecular weight is 1880 g/mol. The number of amides is 8. The number of halogens is 2. The Morgan fingerprint density at radius 2 is 1.07 bits per heavy atom. The van der Waals surface area contributed by atoms with Crippen molar-refractivity contribution >= 4 is 100.0 Å². The third-order valence-electron chi connectivity index (χ3n) is 23.8. The number of carbonyl (C=O) groups is 9. The Balaban J connectivity index is 0.930. The molecule has 17 bridgehead atoms. The van der Waals surface area contributed by atoms with E-state index in [2.05, 4.69) is 51.1 Å². The first-order valence-corrected chi connectivity index (χ1v) is 46.8. The number of unbranched alkanes of at least 4 members (excludes halogenated alkanes) is 18. The number of benzene rings is 7. The monoisotopic (exact) mass is 1880 g/mol. The molecule has 15 rings (SSSR count). The van der Waals surface area contributed by atoms with Crippen LogP contribution in [0.4, 0.5) is 0 Å². The number of rotatable bonds is 30. The van der Waals surface area contributed by atoms with Gasteiger partial charge in [-0.25, -0.2) is 4.79 Å². The number of ether oxygens (including phenoxy) is 5. The van der Waals surface area contributed by atoms with Crippen molar-refractivity contribution in [3.63, 3.8) is 0 Å². The molecule has 18 N–H and O–H groups in total. The van der Waals surface area contributed by atoms with E-state index in [4.69, 9.17) is 46.9 Å². The molecule has 14 atom stereocenters. The van der Waals surface area contributed by atoms with E-state index in [1.54, 1.807) is 0 Å². The molecule has 8 aliphatic heterocycles.